The minimum absolute atomic E-state index is 0.0394. The lowest BCUT2D eigenvalue weighted by atomic mass is 9.92. The fourth-order valence-electron chi connectivity index (χ4n) is 2.91. The standard InChI is InChI=1S/C17H19NO2S/c18-17(16-10-11-21(19,20)12-16)15-8-6-14(7-9-15)13-4-2-1-3-5-13/h1-9,16-17H,10-12,18H2. The Balaban J connectivity index is 1.78. The summed E-state index contributed by atoms with van der Waals surface area (Å²) >= 11 is 0. The minimum atomic E-state index is -2.88. The molecule has 0 radical (unpaired) electrons. The molecule has 0 saturated carbocycles. The largest absolute Gasteiger partial charge is 0.324 e. The van der Waals surface area contributed by atoms with Crippen molar-refractivity contribution in [2.24, 2.45) is 11.7 Å². The van der Waals surface area contributed by atoms with Gasteiger partial charge in [-0.25, -0.2) is 8.42 Å². The minimum Gasteiger partial charge on any atom is -0.324 e. The third-order valence-corrected chi connectivity index (χ3v) is 5.97. The third-order valence-electron chi connectivity index (χ3n) is 4.18. The van der Waals surface area contributed by atoms with Crippen LogP contribution in [0.4, 0.5) is 0 Å². The Labute approximate surface area is 125 Å². The summed E-state index contributed by atoms with van der Waals surface area (Å²) in [5.74, 6) is 0.528. The molecular formula is C17H19NO2S. The average Bonchev–Trinajstić information content (AvgIpc) is 2.88. The van der Waals surface area contributed by atoms with Crippen LogP contribution in [0.3, 0.4) is 0 Å². The lowest BCUT2D eigenvalue weighted by Crippen LogP contribution is -2.22. The van der Waals surface area contributed by atoms with E-state index in [-0.39, 0.29) is 23.5 Å². The molecule has 2 unspecified atom stereocenters. The molecule has 21 heavy (non-hydrogen) atoms. The van der Waals surface area contributed by atoms with Crippen molar-refractivity contribution in [3.8, 4) is 11.1 Å². The monoisotopic (exact) mass is 301 g/mol. The normalized spacial score (nSPS) is 22.0. The second kappa shape index (κ2) is 5.62. The highest BCUT2D eigenvalue weighted by molar-refractivity contribution is 7.91. The highest BCUT2D eigenvalue weighted by atomic mass is 32.2. The van der Waals surface area contributed by atoms with Gasteiger partial charge in [0.05, 0.1) is 11.5 Å². The van der Waals surface area contributed by atoms with Gasteiger partial charge in [-0.15, -0.1) is 0 Å². The summed E-state index contributed by atoms with van der Waals surface area (Å²) in [7, 11) is -2.88. The van der Waals surface area contributed by atoms with Crippen LogP contribution < -0.4 is 5.73 Å². The quantitative estimate of drug-likeness (QED) is 0.948. The Morgan fingerprint density at radius 2 is 1.57 bits per heavy atom. The lowest BCUT2D eigenvalue weighted by molar-refractivity contribution is 0.480. The first-order chi connectivity index (χ1) is 10.1. The topological polar surface area (TPSA) is 60.2 Å². The molecule has 1 saturated heterocycles. The maximum Gasteiger partial charge on any atom is 0.150 e. The molecule has 2 atom stereocenters. The Bertz CT molecular complexity index is 708. The van der Waals surface area contributed by atoms with E-state index in [9.17, 15) is 8.42 Å². The molecule has 2 aromatic carbocycles. The number of sulfone groups is 1. The Kier molecular flexibility index (Phi) is 3.83. The maximum absolute atomic E-state index is 11.6. The Morgan fingerprint density at radius 1 is 0.952 bits per heavy atom. The molecule has 3 rings (SSSR count). The van der Waals surface area contributed by atoms with Crippen LogP contribution in [0.5, 0.6) is 0 Å². The van der Waals surface area contributed by atoms with Gasteiger partial charge in [-0.05, 0) is 29.0 Å². The summed E-state index contributed by atoms with van der Waals surface area (Å²) in [6.45, 7) is 0. The van der Waals surface area contributed by atoms with Gasteiger partial charge in [0.2, 0.25) is 0 Å². The molecule has 1 aliphatic heterocycles. The Morgan fingerprint density at radius 3 is 2.14 bits per heavy atom. The fourth-order valence-corrected chi connectivity index (χ4v) is 4.76. The first-order valence-corrected chi connectivity index (χ1v) is 8.99. The van der Waals surface area contributed by atoms with Gasteiger partial charge in [0, 0.05) is 6.04 Å². The van der Waals surface area contributed by atoms with Crippen molar-refractivity contribution in [1.29, 1.82) is 0 Å². The van der Waals surface area contributed by atoms with Gasteiger partial charge in [0.25, 0.3) is 0 Å². The zero-order valence-corrected chi connectivity index (χ0v) is 12.6. The molecule has 3 nitrogen and oxygen atoms in total. The molecule has 0 bridgehead atoms. The second-order valence-corrected chi connectivity index (χ2v) is 7.91. The molecule has 0 amide bonds. The smallest absolute Gasteiger partial charge is 0.150 e. The van der Waals surface area contributed by atoms with E-state index in [0.717, 1.165) is 11.1 Å². The van der Waals surface area contributed by atoms with E-state index in [4.69, 9.17) is 5.73 Å². The maximum atomic E-state index is 11.6. The number of hydrogen-bond acceptors (Lipinski definition) is 3. The predicted molar refractivity (Wildman–Crippen MR) is 85.6 cm³/mol. The van der Waals surface area contributed by atoms with Gasteiger partial charge in [0.15, 0.2) is 9.84 Å². The zero-order chi connectivity index (χ0) is 14.9. The highest BCUT2D eigenvalue weighted by Gasteiger charge is 2.32. The van der Waals surface area contributed by atoms with E-state index in [1.54, 1.807) is 0 Å². The van der Waals surface area contributed by atoms with Crippen molar-refractivity contribution in [1.82, 2.24) is 0 Å². The van der Waals surface area contributed by atoms with E-state index < -0.39 is 9.84 Å². The summed E-state index contributed by atoms with van der Waals surface area (Å²) in [6.07, 6.45) is 0.671. The van der Waals surface area contributed by atoms with Crippen LogP contribution in [0, 0.1) is 5.92 Å². The van der Waals surface area contributed by atoms with Crippen molar-refractivity contribution in [2.75, 3.05) is 11.5 Å². The molecule has 0 aliphatic carbocycles. The molecule has 1 fully saturated rings. The van der Waals surface area contributed by atoms with Crippen LogP contribution in [0.15, 0.2) is 54.6 Å². The van der Waals surface area contributed by atoms with Crippen molar-refractivity contribution in [3.63, 3.8) is 0 Å². The molecule has 4 heteroatoms. The van der Waals surface area contributed by atoms with Crippen LogP contribution in [-0.2, 0) is 9.84 Å². The summed E-state index contributed by atoms with van der Waals surface area (Å²) in [5, 5.41) is 0. The summed E-state index contributed by atoms with van der Waals surface area (Å²) in [6, 6.07) is 18.1. The van der Waals surface area contributed by atoms with Crippen LogP contribution in [-0.4, -0.2) is 19.9 Å². The third kappa shape index (κ3) is 3.17. The molecule has 2 aromatic rings. The number of hydrogen-bond donors (Lipinski definition) is 1. The molecule has 2 N–H and O–H groups in total. The van der Waals surface area contributed by atoms with Crippen molar-refractivity contribution < 1.29 is 8.42 Å². The first kappa shape index (κ1) is 14.3. The molecule has 0 spiro atoms. The zero-order valence-electron chi connectivity index (χ0n) is 11.8. The van der Waals surface area contributed by atoms with Crippen LogP contribution in [0.25, 0.3) is 11.1 Å². The first-order valence-electron chi connectivity index (χ1n) is 7.16. The molecule has 0 aromatic heterocycles. The van der Waals surface area contributed by atoms with Gasteiger partial charge in [-0.3, -0.25) is 0 Å². The van der Waals surface area contributed by atoms with E-state index in [1.165, 1.54) is 5.56 Å². The van der Waals surface area contributed by atoms with Gasteiger partial charge in [0.1, 0.15) is 0 Å². The van der Waals surface area contributed by atoms with E-state index in [1.807, 2.05) is 42.5 Å². The van der Waals surface area contributed by atoms with Crippen LogP contribution >= 0.6 is 0 Å². The second-order valence-electron chi connectivity index (χ2n) is 5.68. The van der Waals surface area contributed by atoms with Crippen LogP contribution in [0.2, 0.25) is 0 Å². The van der Waals surface area contributed by atoms with Gasteiger partial charge in [-0.1, -0.05) is 54.6 Å². The van der Waals surface area contributed by atoms with Gasteiger partial charge < -0.3 is 5.73 Å². The summed E-state index contributed by atoms with van der Waals surface area (Å²) in [4.78, 5) is 0. The lowest BCUT2D eigenvalue weighted by Gasteiger charge is -2.18. The van der Waals surface area contributed by atoms with Crippen molar-refractivity contribution in [3.05, 3.63) is 60.2 Å². The summed E-state index contributed by atoms with van der Waals surface area (Å²) in [5.41, 5.74) is 9.57. The van der Waals surface area contributed by atoms with E-state index in [0.29, 0.717) is 6.42 Å². The molecular weight excluding hydrogens is 282 g/mol. The molecule has 1 heterocycles. The predicted octanol–water partition coefficient (Wildman–Crippen LogP) is 2.79. The van der Waals surface area contributed by atoms with Crippen molar-refractivity contribution >= 4 is 9.84 Å². The number of benzene rings is 2. The SMILES string of the molecule is NC(c1ccc(-c2ccccc2)cc1)C1CCS(=O)(=O)C1. The van der Waals surface area contributed by atoms with Gasteiger partial charge in [-0.2, -0.15) is 0 Å². The molecule has 110 valence electrons. The fraction of sp³-hybridized carbons (Fsp3) is 0.294. The van der Waals surface area contributed by atoms with E-state index >= 15 is 0 Å². The average molecular weight is 301 g/mol. The summed E-state index contributed by atoms with van der Waals surface area (Å²) < 4.78 is 23.1. The highest BCUT2D eigenvalue weighted by Crippen LogP contribution is 2.30. The Hall–Kier alpha value is -1.65. The van der Waals surface area contributed by atoms with Gasteiger partial charge >= 0.3 is 0 Å². The number of rotatable bonds is 3. The number of nitrogens with two attached hydrogens (primary N) is 1. The molecule has 1 aliphatic rings. The van der Waals surface area contributed by atoms with E-state index in [2.05, 4.69) is 12.1 Å². The van der Waals surface area contributed by atoms with Crippen molar-refractivity contribution in [2.45, 2.75) is 12.5 Å². The van der Waals surface area contributed by atoms with Crippen LogP contribution in [0.1, 0.15) is 18.0 Å².